The maximum Gasteiger partial charge on any atom is 0.315 e. The van der Waals surface area contributed by atoms with E-state index in [1.165, 1.54) is 24.8 Å². The summed E-state index contributed by atoms with van der Waals surface area (Å²) in [5, 5.41) is 6.02. The van der Waals surface area contributed by atoms with Crippen molar-refractivity contribution in [2.75, 3.05) is 19.6 Å². The van der Waals surface area contributed by atoms with E-state index in [4.69, 9.17) is 0 Å². The van der Waals surface area contributed by atoms with E-state index >= 15 is 0 Å². The molecule has 136 valence electrons. The minimum atomic E-state index is -0.0814. The summed E-state index contributed by atoms with van der Waals surface area (Å²) in [5.74, 6) is 0.427. The van der Waals surface area contributed by atoms with Crippen molar-refractivity contribution in [3.63, 3.8) is 0 Å². The minimum Gasteiger partial charge on any atom is -0.342 e. The summed E-state index contributed by atoms with van der Waals surface area (Å²) >= 11 is 0. The van der Waals surface area contributed by atoms with E-state index in [2.05, 4.69) is 22.8 Å². The summed E-state index contributed by atoms with van der Waals surface area (Å²) in [5.41, 5.74) is 1.25. The lowest BCUT2D eigenvalue weighted by molar-refractivity contribution is -0.127. The summed E-state index contributed by atoms with van der Waals surface area (Å²) in [4.78, 5) is 26.1. The molecule has 1 saturated heterocycles. The Balaban J connectivity index is 1.36. The lowest BCUT2D eigenvalue weighted by Crippen LogP contribution is -2.44. The Hall–Kier alpha value is -2.04. The molecule has 0 spiro atoms. The van der Waals surface area contributed by atoms with E-state index in [1.54, 1.807) is 0 Å². The molecule has 2 N–H and O–H groups in total. The molecule has 5 heteroatoms. The molecule has 2 fully saturated rings. The summed E-state index contributed by atoms with van der Waals surface area (Å²) in [6.07, 6.45) is 7.29. The Bertz CT molecular complexity index is 570. The molecule has 25 heavy (non-hydrogen) atoms. The number of carbonyl (C=O) groups excluding carboxylic acids is 2. The molecule has 0 bridgehead atoms. The lowest BCUT2D eigenvalue weighted by Gasteiger charge is -2.23. The Morgan fingerprint density at radius 1 is 1.12 bits per heavy atom. The van der Waals surface area contributed by atoms with Crippen molar-refractivity contribution in [3.05, 3.63) is 35.9 Å². The van der Waals surface area contributed by atoms with Gasteiger partial charge in [0.2, 0.25) is 5.91 Å². The number of nitrogens with zero attached hydrogens (tertiary/aromatic N) is 1. The number of likely N-dealkylation sites (tertiary alicyclic amines) is 1. The molecule has 1 saturated carbocycles. The van der Waals surface area contributed by atoms with E-state index in [0.29, 0.717) is 19.0 Å². The minimum absolute atomic E-state index is 0.0814. The third kappa shape index (κ3) is 5.48. The predicted octanol–water partition coefficient (Wildman–Crippen LogP) is 2.71. The van der Waals surface area contributed by atoms with Crippen LogP contribution in [0.2, 0.25) is 0 Å². The van der Waals surface area contributed by atoms with E-state index in [-0.39, 0.29) is 17.9 Å². The molecule has 0 unspecified atom stereocenters. The zero-order valence-corrected chi connectivity index (χ0v) is 14.9. The van der Waals surface area contributed by atoms with Gasteiger partial charge in [0.15, 0.2) is 0 Å². The van der Waals surface area contributed by atoms with Crippen molar-refractivity contribution in [2.24, 2.45) is 5.92 Å². The average molecular weight is 343 g/mol. The molecule has 3 amide bonds. The van der Waals surface area contributed by atoms with Crippen LogP contribution in [0.15, 0.2) is 30.3 Å². The molecule has 2 aliphatic rings. The number of amides is 3. The Kier molecular flexibility index (Phi) is 6.31. The number of benzene rings is 1. The molecular weight excluding hydrogens is 314 g/mol. The molecule has 0 aromatic heterocycles. The van der Waals surface area contributed by atoms with Gasteiger partial charge in [-0.25, -0.2) is 4.79 Å². The monoisotopic (exact) mass is 343 g/mol. The summed E-state index contributed by atoms with van der Waals surface area (Å²) in [6.45, 7) is 2.08. The van der Waals surface area contributed by atoms with Crippen molar-refractivity contribution in [3.8, 4) is 0 Å². The van der Waals surface area contributed by atoms with Gasteiger partial charge in [-0.15, -0.1) is 0 Å². The van der Waals surface area contributed by atoms with Crippen LogP contribution in [0.25, 0.3) is 0 Å². The number of hydrogen-bond donors (Lipinski definition) is 2. The van der Waals surface area contributed by atoms with Crippen molar-refractivity contribution >= 4 is 11.9 Å². The largest absolute Gasteiger partial charge is 0.342 e. The van der Waals surface area contributed by atoms with Gasteiger partial charge >= 0.3 is 6.03 Å². The Labute approximate surface area is 150 Å². The highest BCUT2D eigenvalue weighted by Crippen LogP contribution is 2.19. The Morgan fingerprint density at radius 2 is 1.88 bits per heavy atom. The van der Waals surface area contributed by atoms with Crippen molar-refractivity contribution in [2.45, 2.75) is 51.0 Å². The van der Waals surface area contributed by atoms with E-state index in [0.717, 1.165) is 32.4 Å². The van der Waals surface area contributed by atoms with Crippen molar-refractivity contribution < 1.29 is 9.59 Å². The van der Waals surface area contributed by atoms with Gasteiger partial charge in [-0.2, -0.15) is 0 Å². The first-order chi connectivity index (χ1) is 12.2. The molecule has 1 atom stereocenters. The number of urea groups is 1. The highest BCUT2D eigenvalue weighted by Gasteiger charge is 2.29. The maximum absolute atomic E-state index is 12.2. The van der Waals surface area contributed by atoms with E-state index in [9.17, 15) is 9.59 Å². The first-order valence-corrected chi connectivity index (χ1v) is 9.57. The van der Waals surface area contributed by atoms with Crippen LogP contribution in [0.5, 0.6) is 0 Å². The highest BCUT2D eigenvalue weighted by molar-refractivity contribution is 5.79. The van der Waals surface area contributed by atoms with Crippen molar-refractivity contribution in [1.82, 2.24) is 15.5 Å². The lowest BCUT2D eigenvalue weighted by atomic mass is 9.96. The van der Waals surface area contributed by atoms with Gasteiger partial charge < -0.3 is 15.5 Å². The number of nitrogens with one attached hydrogen (secondary N) is 2. The SMILES string of the molecule is O=C(NC[C@H]1CC(=O)N(CCc2ccccc2)C1)NC1CCCCC1. The fraction of sp³-hybridized carbons (Fsp3) is 0.600. The molecule has 1 heterocycles. The standard InChI is InChI=1S/C20H29N3O2/c24-19-13-17(14-21-20(25)22-18-9-5-2-6-10-18)15-23(19)12-11-16-7-3-1-4-8-16/h1,3-4,7-8,17-18H,2,5-6,9-15H2,(H2,21,22,25)/t17-/m1/s1. The fourth-order valence-corrected chi connectivity index (χ4v) is 3.84. The summed E-state index contributed by atoms with van der Waals surface area (Å²) in [7, 11) is 0. The van der Waals surface area contributed by atoms with Crippen LogP contribution in [0, 0.1) is 5.92 Å². The molecule has 1 aromatic rings. The van der Waals surface area contributed by atoms with Crippen LogP contribution in [0.4, 0.5) is 4.79 Å². The topological polar surface area (TPSA) is 61.4 Å². The van der Waals surface area contributed by atoms with Gasteiger partial charge in [0.25, 0.3) is 0 Å². The third-order valence-corrected chi connectivity index (χ3v) is 5.30. The van der Waals surface area contributed by atoms with Gasteiger partial charge in [-0.1, -0.05) is 49.6 Å². The summed E-state index contributed by atoms with van der Waals surface area (Å²) < 4.78 is 0. The number of hydrogen-bond acceptors (Lipinski definition) is 2. The molecular formula is C20H29N3O2. The zero-order chi connectivity index (χ0) is 17.5. The predicted molar refractivity (Wildman–Crippen MR) is 98.2 cm³/mol. The van der Waals surface area contributed by atoms with E-state index < -0.39 is 0 Å². The average Bonchev–Trinajstić information content (AvgIpc) is 3.00. The Morgan fingerprint density at radius 3 is 2.64 bits per heavy atom. The van der Waals surface area contributed by atoms with Crippen LogP contribution in [0.1, 0.15) is 44.1 Å². The first-order valence-electron chi connectivity index (χ1n) is 9.57. The quantitative estimate of drug-likeness (QED) is 0.834. The van der Waals surface area contributed by atoms with Crippen LogP contribution in [0.3, 0.4) is 0 Å². The fourth-order valence-electron chi connectivity index (χ4n) is 3.84. The molecule has 1 aliphatic carbocycles. The van der Waals surface area contributed by atoms with Crippen LogP contribution < -0.4 is 10.6 Å². The van der Waals surface area contributed by atoms with Gasteiger partial charge in [-0.3, -0.25) is 4.79 Å². The van der Waals surface area contributed by atoms with Gasteiger partial charge in [0, 0.05) is 38.0 Å². The first kappa shape index (κ1) is 17.8. The molecule has 5 nitrogen and oxygen atoms in total. The zero-order valence-electron chi connectivity index (χ0n) is 14.9. The maximum atomic E-state index is 12.2. The smallest absolute Gasteiger partial charge is 0.315 e. The summed E-state index contributed by atoms with van der Waals surface area (Å²) in [6, 6.07) is 10.5. The molecule has 1 aromatic carbocycles. The van der Waals surface area contributed by atoms with E-state index in [1.807, 2.05) is 23.1 Å². The van der Waals surface area contributed by atoms with Crippen molar-refractivity contribution in [1.29, 1.82) is 0 Å². The second-order valence-corrected chi connectivity index (χ2v) is 7.33. The number of rotatable bonds is 6. The highest BCUT2D eigenvalue weighted by atomic mass is 16.2. The molecule has 3 rings (SSSR count). The van der Waals surface area contributed by atoms with Gasteiger partial charge in [0.1, 0.15) is 0 Å². The second-order valence-electron chi connectivity index (χ2n) is 7.33. The number of carbonyl (C=O) groups is 2. The second kappa shape index (κ2) is 8.88. The molecule has 1 aliphatic heterocycles. The van der Waals surface area contributed by atoms with Crippen LogP contribution >= 0.6 is 0 Å². The normalized spacial score (nSPS) is 21.4. The van der Waals surface area contributed by atoms with Gasteiger partial charge in [0.05, 0.1) is 0 Å². The molecule has 0 radical (unpaired) electrons. The van der Waals surface area contributed by atoms with Crippen LogP contribution in [-0.4, -0.2) is 42.5 Å². The van der Waals surface area contributed by atoms with Gasteiger partial charge in [-0.05, 0) is 24.8 Å². The third-order valence-electron chi connectivity index (χ3n) is 5.30. The van der Waals surface area contributed by atoms with Crippen LogP contribution in [-0.2, 0) is 11.2 Å².